The quantitative estimate of drug-likeness (QED) is 0.442. The molecule has 0 saturated carbocycles. The molecule has 0 fully saturated rings. The van der Waals surface area contributed by atoms with Gasteiger partial charge in [0.25, 0.3) is 0 Å². The van der Waals surface area contributed by atoms with Crippen LogP contribution in [0.25, 0.3) is 0 Å². The van der Waals surface area contributed by atoms with E-state index in [4.69, 9.17) is 14.2 Å². The second-order valence-electron chi connectivity index (χ2n) is 6.59. The van der Waals surface area contributed by atoms with Gasteiger partial charge in [0, 0.05) is 29.6 Å². The topological polar surface area (TPSA) is 124 Å². The summed E-state index contributed by atoms with van der Waals surface area (Å²) in [7, 11) is 2.30. The average molecular weight is 460 g/mol. The SMILES string of the molecule is CNS(=O)(=O)c1ccccc1Nc1nc(Nc2cc(OC)c(OC)c(OC)c2)ncc1C. The number of anilines is 4. The molecular formula is C21H25N5O5S. The van der Waals surface area contributed by atoms with Crippen LogP contribution in [0, 0.1) is 6.92 Å². The van der Waals surface area contributed by atoms with Crippen LogP contribution in [-0.2, 0) is 10.0 Å². The first-order valence-corrected chi connectivity index (χ1v) is 11.0. The average Bonchev–Trinajstić information content (AvgIpc) is 2.80. The van der Waals surface area contributed by atoms with E-state index in [0.29, 0.717) is 40.4 Å². The maximum Gasteiger partial charge on any atom is 0.242 e. The molecule has 0 radical (unpaired) electrons. The second kappa shape index (κ2) is 9.71. The van der Waals surface area contributed by atoms with E-state index in [1.54, 1.807) is 36.5 Å². The van der Waals surface area contributed by atoms with Gasteiger partial charge in [-0.1, -0.05) is 12.1 Å². The number of rotatable bonds is 9. The lowest BCUT2D eigenvalue weighted by atomic mass is 10.2. The van der Waals surface area contributed by atoms with Crippen LogP contribution in [0.4, 0.5) is 23.1 Å². The summed E-state index contributed by atoms with van der Waals surface area (Å²) in [5.41, 5.74) is 1.74. The normalized spacial score (nSPS) is 11.0. The van der Waals surface area contributed by atoms with Crippen LogP contribution in [-0.4, -0.2) is 46.8 Å². The van der Waals surface area contributed by atoms with Crippen molar-refractivity contribution >= 4 is 33.2 Å². The number of methoxy groups -OCH3 is 3. The van der Waals surface area contributed by atoms with E-state index in [1.165, 1.54) is 34.4 Å². The number of hydrogen-bond donors (Lipinski definition) is 3. The van der Waals surface area contributed by atoms with Gasteiger partial charge in [0.05, 0.1) is 27.0 Å². The fourth-order valence-electron chi connectivity index (χ4n) is 2.95. The number of sulfonamides is 1. The molecule has 0 aliphatic carbocycles. The molecule has 2 aromatic carbocycles. The molecule has 32 heavy (non-hydrogen) atoms. The molecule has 10 nitrogen and oxygen atoms in total. The number of nitrogens with zero attached hydrogens (tertiary/aromatic N) is 2. The van der Waals surface area contributed by atoms with Gasteiger partial charge in [0.1, 0.15) is 10.7 Å². The summed E-state index contributed by atoms with van der Waals surface area (Å²) in [6.07, 6.45) is 1.63. The Balaban J connectivity index is 1.95. The Labute approximate surface area is 187 Å². The summed E-state index contributed by atoms with van der Waals surface area (Å²) in [5, 5.41) is 6.20. The van der Waals surface area contributed by atoms with Gasteiger partial charge >= 0.3 is 0 Å². The van der Waals surface area contributed by atoms with Crippen molar-refractivity contribution in [3.05, 3.63) is 48.2 Å². The molecule has 0 unspecified atom stereocenters. The fraction of sp³-hybridized carbons (Fsp3) is 0.238. The van der Waals surface area contributed by atoms with Gasteiger partial charge in [-0.15, -0.1) is 0 Å². The number of nitrogens with one attached hydrogen (secondary N) is 3. The smallest absolute Gasteiger partial charge is 0.242 e. The molecule has 3 aromatic rings. The molecular weight excluding hydrogens is 434 g/mol. The lowest BCUT2D eigenvalue weighted by Crippen LogP contribution is -2.19. The van der Waals surface area contributed by atoms with E-state index >= 15 is 0 Å². The Bertz CT molecular complexity index is 1190. The second-order valence-corrected chi connectivity index (χ2v) is 8.45. The van der Waals surface area contributed by atoms with Crippen molar-refractivity contribution in [1.29, 1.82) is 0 Å². The molecule has 0 aliphatic heterocycles. The summed E-state index contributed by atoms with van der Waals surface area (Å²) in [6.45, 7) is 1.82. The van der Waals surface area contributed by atoms with Gasteiger partial charge in [-0.2, -0.15) is 4.98 Å². The van der Waals surface area contributed by atoms with Crippen LogP contribution in [0.3, 0.4) is 0 Å². The lowest BCUT2D eigenvalue weighted by Gasteiger charge is -2.16. The highest BCUT2D eigenvalue weighted by molar-refractivity contribution is 7.89. The zero-order chi connectivity index (χ0) is 23.3. The third-order valence-corrected chi connectivity index (χ3v) is 6.06. The Morgan fingerprint density at radius 2 is 1.59 bits per heavy atom. The van der Waals surface area contributed by atoms with Crippen LogP contribution in [0.5, 0.6) is 17.2 Å². The van der Waals surface area contributed by atoms with Crippen molar-refractivity contribution < 1.29 is 22.6 Å². The predicted octanol–water partition coefficient (Wildman–Crippen LogP) is 3.21. The van der Waals surface area contributed by atoms with Gasteiger partial charge in [-0.3, -0.25) is 0 Å². The summed E-state index contributed by atoms with van der Waals surface area (Å²) in [6, 6.07) is 10.0. The molecule has 0 amide bonds. The van der Waals surface area contributed by atoms with Crippen molar-refractivity contribution in [3.63, 3.8) is 0 Å². The largest absolute Gasteiger partial charge is 0.493 e. The lowest BCUT2D eigenvalue weighted by molar-refractivity contribution is 0.324. The molecule has 1 aromatic heterocycles. The minimum atomic E-state index is -3.65. The van der Waals surface area contributed by atoms with Crippen molar-refractivity contribution in [3.8, 4) is 17.2 Å². The summed E-state index contributed by atoms with van der Waals surface area (Å²) in [5.74, 6) is 2.17. The van der Waals surface area contributed by atoms with Crippen LogP contribution in [0.1, 0.15) is 5.56 Å². The number of para-hydroxylation sites is 1. The molecule has 3 rings (SSSR count). The molecule has 0 bridgehead atoms. The molecule has 0 aliphatic rings. The highest BCUT2D eigenvalue weighted by Gasteiger charge is 2.18. The van der Waals surface area contributed by atoms with E-state index in [-0.39, 0.29) is 4.90 Å². The Morgan fingerprint density at radius 1 is 0.938 bits per heavy atom. The molecule has 3 N–H and O–H groups in total. The van der Waals surface area contributed by atoms with Gasteiger partial charge in [-0.25, -0.2) is 18.1 Å². The number of benzene rings is 2. The van der Waals surface area contributed by atoms with E-state index < -0.39 is 10.0 Å². The van der Waals surface area contributed by atoms with Crippen molar-refractivity contribution in [1.82, 2.24) is 14.7 Å². The maximum absolute atomic E-state index is 12.3. The number of hydrogen-bond acceptors (Lipinski definition) is 9. The highest BCUT2D eigenvalue weighted by Crippen LogP contribution is 2.40. The highest BCUT2D eigenvalue weighted by atomic mass is 32.2. The molecule has 170 valence electrons. The van der Waals surface area contributed by atoms with E-state index in [2.05, 4.69) is 25.3 Å². The van der Waals surface area contributed by atoms with Crippen LogP contribution in [0.2, 0.25) is 0 Å². The third-order valence-electron chi connectivity index (χ3n) is 4.59. The van der Waals surface area contributed by atoms with E-state index in [1.807, 2.05) is 6.92 Å². The van der Waals surface area contributed by atoms with Crippen LogP contribution < -0.4 is 29.6 Å². The molecule has 1 heterocycles. The standard InChI is InChI=1S/C21H25N5O5S/c1-13-12-23-21(24-14-10-16(29-3)19(31-5)17(11-14)30-4)26-20(13)25-15-8-6-7-9-18(15)32(27,28)22-2/h6-12,22H,1-5H3,(H2,23,24,25,26). The molecule has 0 atom stereocenters. The van der Waals surface area contributed by atoms with Crippen molar-refractivity contribution in [2.45, 2.75) is 11.8 Å². The molecule has 11 heteroatoms. The minimum Gasteiger partial charge on any atom is -0.493 e. The summed E-state index contributed by atoms with van der Waals surface area (Å²) >= 11 is 0. The van der Waals surface area contributed by atoms with Crippen molar-refractivity contribution in [2.24, 2.45) is 0 Å². The third kappa shape index (κ3) is 4.84. The van der Waals surface area contributed by atoms with Gasteiger partial charge in [-0.05, 0) is 26.1 Å². The molecule has 0 saturated heterocycles. The Morgan fingerprint density at radius 3 is 2.19 bits per heavy atom. The Kier molecular flexibility index (Phi) is 7.01. The van der Waals surface area contributed by atoms with Gasteiger partial charge < -0.3 is 24.8 Å². The number of aryl methyl sites for hydroxylation is 1. The van der Waals surface area contributed by atoms with Gasteiger partial charge in [0.2, 0.25) is 21.7 Å². The van der Waals surface area contributed by atoms with Gasteiger partial charge in [0.15, 0.2) is 11.5 Å². The fourth-order valence-corrected chi connectivity index (χ4v) is 3.84. The first kappa shape index (κ1) is 23.1. The minimum absolute atomic E-state index is 0.111. The van der Waals surface area contributed by atoms with Crippen molar-refractivity contribution in [2.75, 3.05) is 39.0 Å². The summed E-state index contributed by atoms with van der Waals surface area (Å²) in [4.78, 5) is 8.93. The van der Waals surface area contributed by atoms with E-state index in [9.17, 15) is 8.42 Å². The number of ether oxygens (including phenoxy) is 3. The maximum atomic E-state index is 12.3. The van der Waals surface area contributed by atoms with Crippen LogP contribution >= 0.6 is 0 Å². The first-order valence-electron chi connectivity index (χ1n) is 9.53. The predicted molar refractivity (Wildman–Crippen MR) is 122 cm³/mol. The van der Waals surface area contributed by atoms with Crippen LogP contribution in [0.15, 0.2) is 47.5 Å². The summed E-state index contributed by atoms with van der Waals surface area (Å²) < 4.78 is 43.1. The monoisotopic (exact) mass is 459 g/mol. The first-order chi connectivity index (χ1) is 15.3. The Hall–Kier alpha value is -3.57. The van der Waals surface area contributed by atoms with E-state index in [0.717, 1.165) is 5.56 Å². The molecule has 0 spiro atoms. The number of aromatic nitrogens is 2. The zero-order valence-electron chi connectivity index (χ0n) is 18.4. The zero-order valence-corrected chi connectivity index (χ0v) is 19.2.